The lowest BCUT2D eigenvalue weighted by Gasteiger charge is -2.29. The number of nitrogens with two attached hydrogens (primary N) is 1. The number of H-pyrrole nitrogens is 1. The third-order valence-corrected chi connectivity index (χ3v) is 5.85. The van der Waals surface area contributed by atoms with E-state index in [1.54, 1.807) is 6.92 Å². The highest BCUT2D eigenvalue weighted by atomic mass is 32.2. The maximum Gasteiger partial charge on any atom is 0.352 e. The Morgan fingerprint density at radius 3 is 2.35 bits per heavy atom. The standard InChI is InChI=1S/C12H19N3O4S/c1-7-10(12(16)17)14-8(2)11(7)20(18,19)15-5-3-9(13)4-6-15/h9,14H,3-6,13H2,1-2H3,(H,16,17). The second kappa shape index (κ2) is 5.19. The van der Waals surface area contributed by atoms with Crippen LogP contribution in [0.3, 0.4) is 0 Å². The van der Waals surface area contributed by atoms with Gasteiger partial charge in [-0.15, -0.1) is 0 Å². The molecule has 1 aliphatic heterocycles. The molecule has 0 spiro atoms. The molecular weight excluding hydrogens is 282 g/mol. The third-order valence-electron chi connectivity index (χ3n) is 3.68. The van der Waals surface area contributed by atoms with Crippen molar-refractivity contribution in [2.45, 2.75) is 37.6 Å². The van der Waals surface area contributed by atoms with E-state index < -0.39 is 16.0 Å². The molecule has 0 bridgehead atoms. The zero-order valence-corrected chi connectivity index (χ0v) is 12.3. The Bertz CT molecular complexity index is 627. The zero-order chi connectivity index (χ0) is 15.1. The van der Waals surface area contributed by atoms with Crippen molar-refractivity contribution in [1.82, 2.24) is 9.29 Å². The van der Waals surface area contributed by atoms with Gasteiger partial charge in [-0.1, -0.05) is 0 Å². The number of piperidine rings is 1. The summed E-state index contributed by atoms with van der Waals surface area (Å²) in [5, 5.41) is 9.06. The molecule has 0 saturated carbocycles. The first-order valence-electron chi connectivity index (χ1n) is 6.43. The van der Waals surface area contributed by atoms with Crippen LogP contribution < -0.4 is 5.73 Å². The van der Waals surface area contributed by atoms with Gasteiger partial charge >= 0.3 is 5.97 Å². The third kappa shape index (κ3) is 2.46. The fraction of sp³-hybridized carbons (Fsp3) is 0.583. The number of carbonyl (C=O) groups is 1. The Balaban J connectivity index is 2.42. The number of hydrogen-bond acceptors (Lipinski definition) is 4. The number of sulfonamides is 1. The van der Waals surface area contributed by atoms with Gasteiger partial charge in [0, 0.05) is 30.4 Å². The minimum atomic E-state index is -3.68. The maximum atomic E-state index is 12.6. The smallest absolute Gasteiger partial charge is 0.352 e. The molecule has 0 aromatic carbocycles. The minimum absolute atomic E-state index is 0.0319. The first-order valence-corrected chi connectivity index (χ1v) is 7.87. The minimum Gasteiger partial charge on any atom is -0.477 e. The second-order valence-electron chi connectivity index (χ2n) is 5.13. The molecule has 1 saturated heterocycles. The summed E-state index contributed by atoms with van der Waals surface area (Å²) in [6.07, 6.45) is 1.24. The topological polar surface area (TPSA) is 116 Å². The first-order chi connectivity index (χ1) is 9.25. The van der Waals surface area contributed by atoms with Crippen LogP contribution in [-0.4, -0.2) is 47.9 Å². The van der Waals surface area contributed by atoms with Crippen molar-refractivity contribution in [3.63, 3.8) is 0 Å². The summed E-state index contributed by atoms with van der Waals surface area (Å²) < 4.78 is 26.7. The quantitative estimate of drug-likeness (QED) is 0.749. The van der Waals surface area contributed by atoms with Gasteiger partial charge in [-0.05, 0) is 26.7 Å². The van der Waals surface area contributed by atoms with Gasteiger partial charge in [0.2, 0.25) is 10.0 Å². The second-order valence-corrected chi connectivity index (χ2v) is 7.00. The van der Waals surface area contributed by atoms with Crippen LogP contribution in [0.1, 0.15) is 34.6 Å². The molecule has 7 nitrogen and oxygen atoms in total. The number of rotatable bonds is 3. The van der Waals surface area contributed by atoms with E-state index in [9.17, 15) is 13.2 Å². The fourth-order valence-electron chi connectivity index (χ4n) is 2.58. The molecule has 1 aromatic heterocycles. The highest BCUT2D eigenvalue weighted by molar-refractivity contribution is 7.89. The Morgan fingerprint density at radius 2 is 1.90 bits per heavy atom. The number of carboxylic acids is 1. The number of carboxylic acid groups (broad SMARTS) is 1. The number of aromatic amines is 1. The molecule has 1 aromatic rings. The summed E-state index contributed by atoms with van der Waals surface area (Å²) in [7, 11) is -3.68. The van der Waals surface area contributed by atoms with Crippen molar-refractivity contribution in [2.75, 3.05) is 13.1 Å². The summed E-state index contributed by atoms with van der Waals surface area (Å²) >= 11 is 0. The Hall–Kier alpha value is -1.38. The van der Waals surface area contributed by atoms with Crippen LogP contribution in [0, 0.1) is 13.8 Å². The number of nitrogens with zero attached hydrogens (tertiary/aromatic N) is 1. The molecule has 112 valence electrons. The summed E-state index contributed by atoms with van der Waals surface area (Å²) in [5.41, 5.74) is 6.31. The van der Waals surface area contributed by atoms with Crippen LogP contribution in [0.15, 0.2) is 4.90 Å². The average molecular weight is 301 g/mol. The zero-order valence-electron chi connectivity index (χ0n) is 11.5. The van der Waals surface area contributed by atoms with E-state index in [4.69, 9.17) is 10.8 Å². The summed E-state index contributed by atoms with van der Waals surface area (Å²) in [6.45, 7) is 3.82. The first kappa shape index (κ1) is 15.0. The van der Waals surface area contributed by atoms with Gasteiger partial charge in [-0.25, -0.2) is 13.2 Å². The molecule has 2 heterocycles. The van der Waals surface area contributed by atoms with E-state index in [0.717, 1.165) is 0 Å². The number of aromatic nitrogens is 1. The monoisotopic (exact) mass is 301 g/mol. The number of aromatic carboxylic acids is 1. The average Bonchev–Trinajstić information content (AvgIpc) is 2.66. The van der Waals surface area contributed by atoms with E-state index in [-0.39, 0.29) is 22.2 Å². The van der Waals surface area contributed by atoms with E-state index >= 15 is 0 Å². The Kier molecular flexibility index (Phi) is 3.90. The highest BCUT2D eigenvalue weighted by Gasteiger charge is 2.33. The van der Waals surface area contributed by atoms with Crippen LogP contribution in [-0.2, 0) is 10.0 Å². The number of aryl methyl sites for hydroxylation is 1. The molecule has 0 radical (unpaired) electrons. The van der Waals surface area contributed by atoms with Crippen molar-refractivity contribution in [3.8, 4) is 0 Å². The molecular formula is C12H19N3O4S. The predicted octanol–water partition coefficient (Wildman–Crippen LogP) is 0.442. The molecule has 1 aliphatic rings. The van der Waals surface area contributed by atoms with Crippen LogP contribution in [0.4, 0.5) is 0 Å². The van der Waals surface area contributed by atoms with E-state index in [0.29, 0.717) is 31.6 Å². The largest absolute Gasteiger partial charge is 0.477 e. The molecule has 2 rings (SSSR count). The summed E-state index contributed by atoms with van der Waals surface area (Å²) in [5.74, 6) is -1.16. The van der Waals surface area contributed by atoms with E-state index in [1.807, 2.05) is 0 Å². The summed E-state index contributed by atoms with van der Waals surface area (Å²) in [4.78, 5) is 13.8. The molecule has 8 heteroatoms. The fourth-order valence-corrected chi connectivity index (χ4v) is 4.46. The van der Waals surface area contributed by atoms with Crippen molar-refractivity contribution < 1.29 is 18.3 Å². The summed E-state index contributed by atoms with van der Waals surface area (Å²) in [6, 6.07) is 0.0319. The van der Waals surface area contributed by atoms with Gasteiger partial charge in [-0.3, -0.25) is 0 Å². The predicted molar refractivity (Wildman–Crippen MR) is 73.2 cm³/mol. The van der Waals surface area contributed by atoms with Gasteiger partial charge in [-0.2, -0.15) is 4.31 Å². The van der Waals surface area contributed by atoms with Crippen molar-refractivity contribution in [1.29, 1.82) is 0 Å². The lowest BCUT2D eigenvalue weighted by molar-refractivity contribution is 0.0690. The van der Waals surface area contributed by atoms with Crippen molar-refractivity contribution in [2.24, 2.45) is 5.73 Å². The number of nitrogens with one attached hydrogen (secondary N) is 1. The number of hydrogen-bond donors (Lipinski definition) is 3. The molecule has 0 atom stereocenters. The van der Waals surface area contributed by atoms with E-state index in [1.165, 1.54) is 11.2 Å². The maximum absolute atomic E-state index is 12.6. The molecule has 0 unspecified atom stereocenters. The van der Waals surface area contributed by atoms with Crippen molar-refractivity contribution in [3.05, 3.63) is 17.0 Å². The van der Waals surface area contributed by atoms with Crippen LogP contribution >= 0.6 is 0 Å². The molecule has 20 heavy (non-hydrogen) atoms. The van der Waals surface area contributed by atoms with Crippen LogP contribution in [0.2, 0.25) is 0 Å². The lowest BCUT2D eigenvalue weighted by atomic mass is 10.1. The van der Waals surface area contributed by atoms with Gasteiger partial charge in [0.05, 0.1) is 0 Å². The highest BCUT2D eigenvalue weighted by Crippen LogP contribution is 2.28. The van der Waals surface area contributed by atoms with Crippen LogP contribution in [0.25, 0.3) is 0 Å². The van der Waals surface area contributed by atoms with Gasteiger partial charge < -0.3 is 15.8 Å². The molecule has 0 aliphatic carbocycles. The normalized spacial score (nSPS) is 18.4. The molecule has 1 fully saturated rings. The van der Waals surface area contributed by atoms with Crippen molar-refractivity contribution >= 4 is 16.0 Å². The SMILES string of the molecule is Cc1[nH]c(C(=O)O)c(C)c1S(=O)(=O)N1CCC(N)CC1. The molecule has 4 N–H and O–H groups in total. The van der Waals surface area contributed by atoms with Gasteiger partial charge in [0.1, 0.15) is 10.6 Å². The van der Waals surface area contributed by atoms with E-state index in [2.05, 4.69) is 4.98 Å². The van der Waals surface area contributed by atoms with Crippen LogP contribution in [0.5, 0.6) is 0 Å². The molecule has 0 amide bonds. The Labute approximate surface area is 117 Å². The van der Waals surface area contributed by atoms with Gasteiger partial charge in [0.15, 0.2) is 0 Å². The Morgan fingerprint density at radius 1 is 1.35 bits per heavy atom. The van der Waals surface area contributed by atoms with Gasteiger partial charge in [0.25, 0.3) is 0 Å². The lowest BCUT2D eigenvalue weighted by Crippen LogP contribution is -2.43.